The zero-order valence-electron chi connectivity index (χ0n) is 11.7. The van der Waals surface area contributed by atoms with Crippen molar-refractivity contribution in [3.63, 3.8) is 0 Å². The van der Waals surface area contributed by atoms with Gasteiger partial charge in [-0.3, -0.25) is 0 Å². The molecule has 2 bridgehead atoms. The molecule has 0 saturated carbocycles. The van der Waals surface area contributed by atoms with Crippen LogP contribution in [-0.4, -0.2) is 24.0 Å². The summed E-state index contributed by atoms with van der Waals surface area (Å²) in [4.78, 5) is 0. The maximum Gasteiger partial charge on any atom is 0.156 e. The van der Waals surface area contributed by atoms with Gasteiger partial charge in [-0.25, -0.2) is 8.42 Å². The van der Waals surface area contributed by atoms with E-state index in [9.17, 15) is 13.5 Å². The van der Waals surface area contributed by atoms with Crippen molar-refractivity contribution in [2.45, 2.75) is 48.2 Å². The third-order valence-corrected chi connectivity index (χ3v) is 7.76. The highest BCUT2D eigenvalue weighted by Crippen LogP contribution is 2.47. The first-order valence-electron chi connectivity index (χ1n) is 7.42. The molecule has 112 valence electrons. The Bertz CT molecular complexity index is 769. The van der Waals surface area contributed by atoms with Crippen molar-refractivity contribution in [1.29, 1.82) is 0 Å². The summed E-state index contributed by atoms with van der Waals surface area (Å²) in [7, 11) is -3.07. The third kappa shape index (κ3) is 1.87. The van der Waals surface area contributed by atoms with Gasteiger partial charge in [0, 0.05) is 10.9 Å². The Morgan fingerprint density at radius 1 is 1.14 bits per heavy atom. The molecule has 3 heterocycles. The number of fused-ring (bicyclic) bond motifs is 3. The predicted octanol–water partition coefficient (Wildman–Crippen LogP) is 2.75. The largest absolute Gasteiger partial charge is 0.464 e. The predicted molar refractivity (Wildman–Crippen MR) is 79.7 cm³/mol. The number of furan rings is 1. The third-order valence-electron chi connectivity index (χ3n) is 5.09. The lowest BCUT2D eigenvalue weighted by molar-refractivity contribution is 0.00570. The number of para-hydroxylation sites is 1. The zero-order chi connectivity index (χ0) is 14.7. The first kappa shape index (κ1) is 13.3. The van der Waals surface area contributed by atoms with E-state index in [1.165, 1.54) is 0 Å². The molecule has 21 heavy (non-hydrogen) atoms. The molecule has 2 aromatic rings. The second-order valence-electron chi connectivity index (χ2n) is 6.35. The van der Waals surface area contributed by atoms with Crippen molar-refractivity contribution >= 4 is 20.8 Å². The van der Waals surface area contributed by atoms with Crippen LogP contribution in [0.5, 0.6) is 0 Å². The van der Waals surface area contributed by atoms with Crippen LogP contribution >= 0.6 is 0 Å². The van der Waals surface area contributed by atoms with Gasteiger partial charge in [0.25, 0.3) is 0 Å². The highest BCUT2D eigenvalue weighted by atomic mass is 32.2. The average Bonchev–Trinajstić information content (AvgIpc) is 2.85. The quantitative estimate of drug-likeness (QED) is 0.879. The Morgan fingerprint density at radius 2 is 1.81 bits per heavy atom. The van der Waals surface area contributed by atoms with Crippen LogP contribution in [0.3, 0.4) is 0 Å². The molecule has 2 saturated heterocycles. The van der Waals surface area contributed by atoms with Gasteiger partial charge in [0.2, 0.25) is 0 Å². The Hall–Kier alpha value is -1.33. The topological polar surface area (TPSA) is 67.5 Å². The van der Waals surface area contributed by atoms with E-state index in [1.54, 1.807) is 6.26 Å². The average molecular weight is 306 g/mol. The van der Waals surface area contributed by atoms with Crippen LogP contribution in [0.25, 0.3) is 11.0 Å². The summed E-state index contributed by atoms with van der Waals surface area (Å²) in [6, 6.07) is 7.58. The Labute approximate surface area is 123 Å². The van der Waals surface area contributed by atoms with Crippen molar-refractivity contribution in [1.82, 2.24) is 0 Å². The van der Waals surface area contributed by atoms with E-state index in [4.69, 9.17) is 4.42 Å². The first-order chi connectivity index (χ1) is 10.0. The Morgan fingerprint density at radius 3 is 2.52 bits per heavy atom. The van der Waals surface area contributed by atoms with Gasteiger partial charge in [-0.2, -0.15) is 0 Å². The summed E-state index contributed by atoms with van der Waals surface area (Å²) in [5.74, 6) is 0. The van der Waals surface area contributed by atoms with E-state index >= 15 is 0 Å². The molecule has 2 atom stereocenters. The first-order valence-corrected chi connectivity index (χ1v) is 9.03. The van der Waals surface area contributed by atoms with Gasteiger partial charge >= 0.3 is 0 Å². The molecule has 1 N–H and O–H groups in total. The van der Waals surface area contributed by atoms with E-state index < -0.39 is 25.9 Å². The lowest BCUT2D eigenvalue weighted by Gasteiger charge is -2.43. The lowest BCUT2D eigenvalue weighted by atomic mass is 9.80. The molecule has 2 aliphatic rings. The summed E-state index contributed by atoms with van der Waals surface area (Å²) < 4.78 is 30.3. The maximum atomic E-state index is 12.4. The molecular formula is C16H18O4S. The molecule has 2 aliphatic heterocycles. The van der Waals surface area contributed by atoms with E-state index in [2.05, 4.69) is 0 Å². The number of sulfone groups is 1. The minimum atomic E-state index is -3.07. The Balaban J connectivity index is 1.82. The summed E-state index contributed by atoms with van der Waals surface area (Å²) in [5, 5.41) is 11.2. The molecule has 5 heteroatoms. The number of hydrogen-bond donors (Lipinski definition) is 1. The lowest BCUT2D eigenvalue weighted by Crippen LogP contribution is -2.50. The molecule has 0 spiro atoms. The fourth-order valence-electron chi connectivity index (χ4n) is 4.01. The highest BCUT2D eigenvalue weighted by molar-refractivity contribution is 7.92. The monoisotopic (exact) mass is 306 g/mol. The molecule has 4 nitrogen and oxygen atoms in total. The summed E-state index contributed by atoms with van der Waals surface area (Å²) in [6.45, 7) is 0. The second-order valence-corrected chi connectivity index (χ2v) is 8.86. The molecule has 2 fully saturated rings. The van der Waals surface area contributed by atoms with Gasteiger partial charge in [-0.1, -0.05) is 24.6 Å². The minimum absolute atomic E-state index is 0.287. The number of hydrogen-bond acceptors (Lipinski definition) is 4. The number of aliphatic hydroxyl groups is 1. The van der Waals surface area contributed by atoms with Crippen LogP contribution in [-0.2, 0) is 15.4 Å². The molecule has 0 amide bonds. The van der Waals surface area contributed by atoms with E-state index in [-0.39, 0.29) is 12.8 Å². The Kier molecular flexibility index (Phi) is 2.75. The van der Waals surface area contributed by atoms with E-state index in [1.807, 2.05) is 24.3 Å². The summed E-state index contributed by atoms with van der Waals surface area (Å²) >= 11 is 0. The molecule has 1 aromatic heterocycles. The molecule has 2 unspecified atom stereocenters. The SMILES string of the molecule is O=S1(=O)C2CCCC1CC(O)(c1coc3ccccc13)C2. The van der Waals surface area contributed by atoms with Crippen LogP contribution in [0.15, 0.2) is 34.9 Å². The minimum Gasteiger partial charge on any atom is -0.464 e. The van der Waals surface area contributed by atoms with Gasteiger partial charge < -0.3 is 9.52 Å². The standard InChI is InChI=1S/C16H18O4S/c17-16(14-10-20-15-7-2-1-6-13(14)15)8-11-4-3-5-12(9-16)21(11,18)19/h1-2,6-7,10-12,17H,3-5,8-9H2. The molecule has 1 aromatic carbocycles. The van der Waals surface area contributed by atoms with Crippen molar-refractivity contribution < 1.29 is 17.9 Å². The van der Waals surface area contributed by atoms with Crippen molar-refractivity contribution in [2.75, 3.05) is 0 Å². The molecule has 0 radical (unpaired) electrons. The smallest absolute Gasteiger partial charge is 0.156 e. The van der Waals surface area contributed by atoms with Gasteiger partial charge in [-0.15, -0.1) is 0 Å². The molecule has 0 aliphatic carbocycles. The number of benzene rings is 1. The van der Waals surface area contributed by atoms with Crippen LogP contribution in [0.2, 0.25) is 0 Å². The summed E-state index contributed by atoms with van der Waals surface area (Å²) in [6.07, 6.45) is 4.44. The molecular weight excluding hydrogens is 288 g/mol. The maximum absolute atomic E-state index is 12.4. The van der Waals surface area contributed by atoms with E-state index in [0.29, 0.717) is 12.8 Å². The van der Waals surface area contributed by atoms with Gasteiger partial charge in [0.1, 0.15) is 5.58 Å². The highest BCUT2D eigenvalue weighted by Gasteiger charge is 2.51. The van der Waals surface area contributed by atoms with Crippen LogP contribution in [0, 0.1) is 0 Å². The number of rotatable bonds is 1. The van der Waals surface area contributed by atoms with E-state index in [0.717, 1.165) is 23.0 Å². The van der Waals surface area contributed by atoms with Gasteiger partial charge in [0.05, 0.1) is 22.4 Å². The fourth-order valence-corrected chi connectivity index (χ4v) is 6.56. The normalized spacial score (nSPS) is 34.9. The zero-order valence-corrected chi connectivity index (χ0v) is 12.5. The van der Waals surface area contributed by atoms with Gasteiger partial charge in [0.15, 0.2) is 9.84 Å². The van der Waals surface area contributed by atoms with Crippen LogP contribution in [0.1, 0.15) is 37.7 Å². The van der Waals surface area contributed by atoms with Crippen LogP contribution in [0.4, 0.5) is 0 Å². The second kappa shape index (κ2) is 4.34. The van der Waals surface area contributed by atoms with Crippen molar-refractivity contribution in [2.24, 2.45) is 0 Å². The fraction of sp³-hybridized carbons (Fsp3) is 0.500. The van der Waals surface area contributed by atoms with Crippen molar-refractivity contribution in [3.05, 3.63) is 36.1 Å². The molecule has 4 rings (SSSR count). The van der Waals surface area contributed by atoms with Crippen LogP contribution < -0.4 is 0 Å². The van der Waals surface area contributed by atoms with Crippen molar-refractivity contribution in [3.8, 4) is 0 Å². The van der Waals surface area contributed by atoms with Gasteiger partial charge in [-0.05, 0) is 31.7 Å². The summed E-state index contributed by atoms with van der Waals surface area (Å²) in [5.41, 5.74) is 0.387.